The summed E-state index contributed by atoms with van der Waals surface area (Å²) in [6.07, 6.45) is -2.21. The lowest BCUT2D eigenvalue weighted by molar-refractivity contribution is -0.141. The van der Waals surface area contributed by atoms with Crippen molar-refractivity contribution in [1.29, 1.82) is 0 Å². The predicted molar refractivity (Wildman–Crippen MR) is 66.8 cm³/mol. The van der Waals surface area contributed by atoms with E-state index in [9.17, 15) is 13.2 Å². The average molecular weight is 275 g/mol. The van der Waals surface area contributed by atoms with Crippen LogP contribution < -0.4 is 5.32 Å². The standard InChI is InChI=1S/C11H12F3N3S/c1-7-4-5-18-10(16-7)17-8-2-3-9(15-6-8)11(12,13)14/h2-3,6-7H,4-5H2,1H3,(H,16,17). The first-order chi connectivity index (χ1) is 8.45. The van der Waals surface area contributed by atoms with Crippen molar-refractivity contribution >= 4 is 22.6 Å². The second kappa shape index (κ2) is 5.17. The number of hydrogen-bond donors (Lipinski definition) is 1. The lowest BCUT2D eigenvalue weighted by Crippen LogP contribution is -2.18. The Morgan fingerprint density at radius 2 is 2.17 bits per heavy atom. The largest absolute Gasteiger partial charge is 0.433 e. The number of rotatable bonds is 1. The van der Waals surface area contributed by atoms with E-state index < -0.39 is 11.9 Å². The predicted octanol–water partition coefficient (Wildman–Crippen LogP) is 3.39. The molecule has 0 amide bonds. The molecule has 2 heterocycles. The van der Waals surface area contributed by atoms with E-state index in [1.807, 2.05) is 6.92 Å². The molecule has 0 aliphatic carbocycles. The van der Waals surface area contributed by atoms with Gasteiger partial charge >= 0.3 is 6.18 Å². The maximum absolute atomic E-state index is 12.3. The molecule has 1 aliphatic rings. The van der Waals surface area contributed by atoms with Gasteiger partial charge in [0.2, 0.25) is 0 Å². The van der Waals surface area contributed by atoms with Crippen LogP contribution in [0.4, 0.5) is 18.9 Å². The highest BCUT2D eigenvalue weighted by Crippen LogP contribution is 2.28. The van der Waals surface area contributed by atoms with Crippen molar-refractivity contribution in [2.75, 3.05) is 11.1 Å². The zero-order chi connectivity index (χ0) is 13.2. The minimum absolute atomic E-state index is 0.246. The fourth-order valence-corrected chi connectivity index (χ4v) is 2.55. The number of anilines is 1. The summed E-state index contributed by atoms with van der Waals surface area (Å²) in [5.74, 6) is 0.959. The van der Waals surface area contributed by atoms with Gasteiger partial charge in [-0.1, -0.05) is 11.8 Å². The third-order valence-electron chi connectivity index (χ3n) is 2.42. The Hall–Kier alpha value is -1.24. The van der Waals surface area contributed by atoms with E-state index in [4.69, 9.17) is 0 Å². The second-order valence-corrected chi connectivity index (χ2v) is 5.06. The third-order valence-corrected chi connectivity index (χ3v) is 3.34. The number of aromatic nitrogens is 1. The topological polar surface area (TPSA) is 37.3 Å². The summed E-state index contributed by atoms with van der Waals surface area (Å²) in [5, 5.41) is 3.70. The molecule has 1 aliphatic heterocycles. The van der Waals surface area contributed by atoms with Gasteiger partial charge in [-0.15, -0.1) is 0 Å². The quantitative estimate of drug-likeness (QED) is 0.853. The van der Waals surface area contributed by atoms with Gasteiger partial charge in [0.05, 0.1) is 17.9 Å². The molecule has 0 fully saturated rings. The smallest absolute Gasteiger partial charge is 0.334 e. The normalized spacial score (nSPS) is 20.4. The number of aliphatic imine (C=N–C) groups is 1. The van der Waals surface area contributed by atoms with Crippen molar-refractivity contribution in [2.45, 2.75) is 25.6 Å². The molecule has 0 saturated heterocycles. The number of thioether (sulfide) groups is 1. The zero-order valence-electron chi connectivity index (χ0n) is 9.66. The van der Waals surface area contributed by atoms with E-state index in [1.165, 1.54) is 12.3 Å². The fourth-order valence-electron chi connectivity index (χ4n) is 1.46. The molecule has 0 radical (unpaired) electrons. The Labute approximate surface area is 107 Å². The monoisotopic (exact) mass is 275 g/mol. The minimum Gasteiger partial charge on any atom is -0.334 e. The highest BCUT2D eigenvalue weighted by molar-refractivity contribution is 8.14. The molecule has 1 N–H and O–H groups in total. The van der Waals surface area contributed by atoms with E-state index >= 15 is 0 Å². The number of alkyl halides is 3. The number of hydrogen-bond acceptors (Lipinski definition) is 4. The zero-order valence-corrected chi connectivity index (χ0v) is 10.5. The van der Waals surface area contributed by atoms with Crippen LogP contribution in [0.3, 0.4) is 0 Å². The van der Waals surface area contributed by atoms with Gasteiger partial charge in [0.15, 0.2) is 5.17 Å². The first-order valence-electron chi connectivity index (χ1n) is 5.46. The SMILES string of the molecule is CC1CCSC(Nc2ccc(C(F)(F)F)nc2)=N1. The van der Waals surface area contributed by atoms with E-state index in [2.05, 4.69) is 15.3 Å². The van der Waals surface area contributed by atoms with Crippen LogP contribution in [0.2, 0.25) is 0 Å². The molecule has 7 heteroatoms. The van der Waals surface area contributed by atoms with Crippen LogP contribution in [0.25, 0.3) is 0 Å². The van der Waals surface area contributed by atoms with Crippen LogP contribution in [-0.4, -0.2) is 21.9 Å². The van der Waals surface area contributed by atoms with E-state index in [1.54, 1.807) is 11.8 Å². The van der Waals surface area contributed by atoms with Crippen molar-refractivity contribution in [3.8, 4) is 0 Å². The molecule has 1 aromatic heterocycles. The Balaban J connectivity index is 2.07. The molecule has 1 aromatic rings. The summed E-state index contributed by atoms with van der Waals surface area (Å²) in [6.45, 7) is 2.01. The molecule has 0 saturated carbocycles. The van der Waals surface area contributed by atoms with Crippen molar-refractivity contribution in [3.63, 3.8) is 0 Å². The summed E-state index contributed by atoms with van der Waals surface area (Å²) in [7, 11) is 0. The van der Waals surface area contributed by atoms with Crippen molar-refractivity contribution in [1.82, 2.24) is 4.98 Å². The molecule has 0 aromatic carbocycles. The molecule has 2 rings (SSSR count). The summed E-state index contributed by atoms with van der Waals surface area (Å²) in [6, 6.07) is 2.56. The number of pyridine rings is 1. The van der Waals surface area contributed by atoms with E-state index in [0.29, 0.717) is 5.69 Å². The van der Waals surface area contributed by atoms with Crippen molar-refractivity contribution in [3.05, 3.63) is 24.0 Å². The average Bonchev–Trinajstić information content (AvgIpc) is 2.28. The van der Waals surface area contributed by atoms with Crippen LogP contribution in [0, 0.1) is 0 Å². The van der Waals surface area contributed by atoms with Gasteiger partial charge in [0, 0.05) is 5.75 Å². The van der Waals surface area contributed by atoms with Crippen LogP contribution in [0.1, 0.15) is 19.0 Å². The molecule has 0 spiro atoms. The van der Waals surface area contributed by atoms with Gasteiger partial charge in [0.1, 0.15) is 5.69 Å². The highest BCUT2D eigenvalue weighted by atomic mass is 32.2. The fraction of sp³-hybridized carbons (Fsp3) is 0.455. The summed E-state index contributed by atoms with van der Waals surface area (Å²) >= 11 is 1.56. The van der Waals surface area contributed by atoms with Gasteiger partial charge in [-0.05, 0) is 25.5 Å². The lowest BCUT2D eigenvalue weighted by atomic mass is 10.3. The molecule has 98 valence electrons. The molecule has 3 nitrogen and oxygen atoms in total. The Kier molecular flexibility index (Phi) is 3.79. The maximum atomic E-state index is 12.3. The molecule has 18 heavy (non-hydrogen) atoms. The first-order valence-corrected chi connectivity index (χ1v) is 6.44. The molecular weight excluding hydrogens is 263 g/mol. The van der Waals surface area contributed by atoms with Crippen molar-refractivity contribution in [2.24, 2.45) is 4.99 Å². The van der Waals surface area contributed by atoms with Gasteiger partial charge < -0.3 is 5.32 Å². The molecule has 1 atom stereocenters. The molecule has 0 bridgehead atoms. The van der Waals surface area contributed by atoms with Crippen LogP contribution in [-0.2, 0) is 6.18 Å². The van der Waals surface area contributed by atoms with Crippen LogP contribution in [0.5, 0.6) is 0 Å². The summed E-state index contributed by atoms with van der Waals surface area (Å²) < 4.78 is 37.0. The number of halogens is 3. The number of nitrogens with one attached hydrogen (secondary N) is 1. The van der Waals surface area contributed by atoms with E-state index in [0.717, 1.165) is 23.4 Å². The third kappa shape index (κ3) is 3.38. The lowest BCUT2D eigenvalue weighted by Gasteiger charge is -2.17. The first kappa shape index (κ1) is 13.2. The molecule has 1 unspecified atom stereocenters. The van der Waals surface area contributed by atoms with Gasteiger partial charge in [-0.25, -0.2) is 4.98 Å². The number of nitrogens with zero attached hydrogens (tertiary/aromatic N) is 2. The van der Waals surface area contributed by atoms with Gasteiger partial charge in [-0.3, -0.25) is 4.99 Å². The van der Waals surface area contributed by atoms with Gasteiger partial charge in [0.25, 0.3) is 0 Å². The van der Waals surface area contributed by atoms with Crippen LogP contribution in [0.15, 0.2) is 23.3 Å². The van der Waals surface area contributed by atoms with Crippen molar-refractivity contribution < 1.29 is 13.2 Å². The summed E-state index contributed by atoms with van der Waals surface area (Å²) in [5.41, 5.74) is -0.372. The minimum atomic E-state index is -4.40. The van der Waals surface area contributed by atoms with E-state index in [-0.39, 0.29) is 6.04 Å². The maximum Gasteiger partial charge on any atom is 0.433 e. The Morgan fingerprint density at radius 1 is 1.39 bits per heavy atom. The molecular formula is C11H12F3N3S. The summed E-state index contributed by atoms with van der Waals surface area (Å²) in [4.78, 5) is 7.75. The highest BCUT2D eigenvalue weighted by Gasteiger charge is 2.32. The van der Waals surface area contributed by atoms with Crippen LogP contribution >= 0.6 is 11.8 Å². The number of amidine groups is 1. The Morgan fingerprint density at radius 3 is 2.72 bits per heavy atom. The van der Waals surface area contributed by atoms with Gasteiger partial charge in [-0.2, -0.15) is 13.2 Å². The second-order valence-electron chi connectivity index (χ2n) is 3.98. The Bertz CT molecular complexity index is 442.